The van der Waals surface area contributed by atoms with Gasteiger partial charge in [-0.2, -0.15) is 4.31 Å². The van der Waals surface area contributed by atoms with Crippen LogP contribution in [0.25, 0.3) is 0 Å². The number of rotatable bonds is 4. The van der Waals surface area contributed by atoms with Crippen LogP contribution >= 0.6 is 11.3 Å². The van der Waals surface area contributed by atoms with E-state index in [1.54, 1.807) is 17.5 Å². The highest BCUT2D eigenvalue weighted by molar-refractivity contribution is 7.91. The topological polar surface area (TPSA) is 66.5 Å². The van der Waals surface area contributed by atoms with Crippen molar-refractivity contribution in [1.82, 2.24) is 9.62 Å². The third-order valence-corrected chi connectivity index (χ3v) is 7.92. The van der Waals surface area contributed by atoms with E-state index in [9.17, 15) is 13.2 Å². The fourth-order valence-electron chi connectivity index (χ4n) is 2.93. The highest BCUT2D eigenvalue weighted by Crippen LogP contribution is 2.24. The van der Waals surface area contributed by atoms with Gasteiger partial charge in [-0.15, -0.1) is 11.3 Å². The molecule has 1 aromatic carbocycles. The molecule has 2 heterocycles. The summed E-state index contributed by atoms with van der Waals surface area (Å²) in [6.45, 7) is 4.86. The molecule has 1 N–H and O–H groups in total. The molecule has 0 atom stereocenters. The number of carbonyl (C=O) groups excluding carboxylic acids is 1. The van der Waals surface area contributed by atoms with E-state index in [4.69, 9.17) is 0 Å². The smallest absolute Gasteiger partial charge is 0.252 e. The molecular formula is C18H22N2O3S2. The van der Waals surface area contributed by atoms with Crippen molar-refractivity contribution in [3.63, 3.8) is 0 Å². The van der Waals surface area contributed by atoms with Crippen LogP contribution in [0.15, 0.2) is 39.9 Å². The van der Waals surface area contributed by atoms with E-state index in [1.807, 2.05) is 32.0 Å². The van der Waals surface area contributed by atoms with Gasteiger partial charge >= 0.3 is 0 Å². The predicted molar refractivity (Wildman–Crippen MR) is 99.5 cm³/mol. The Morgan fingerprint density at radius 3 is 2.48 bits per heavy atom. The fourth-order valence-corrected chi connectivity index (χ4v) is 5.54. The van der Waals surface area contributed by atoms with Crippen LogP contribution in [0.4, 0.5) is 0 Å². The lowest BCUT2D eigenvalue weighted by Crippen LogP contribution is -2.46. The monoisotopic (exact) mass is 378 g/mol. The second-order valence-corrected chi connectivity index (χ2v) is 9.50. The van der Waals surface area contributed by atoms with Crippen LogP contribution in [0.2, 0.25) is 0 Å². The van der Waals surface area contributed by atoms with Gasteiger partial charge in [-0.25, -0.2) is 8.42 Å². The molecule has 2 aromatic rings. The van der Waals surface area contributed by atoms with Crippen molar-refractivity contribution in [3.05, 3.63) is 52.4 Å². The molecule has 0 aliphatic carbocycles. The van der Waals surface area contributed by atoms with Crippen LogP contribution < -0.4 is 5.32 Å². The Kier molecular flexibility index (Phi) is 5.27. The maximum atomic E-state index is 12.5. The number of thiophene rings is 1. The number of hydrogen-bond acceptors (Lipinski definition) is 4. The molecule has 0 spiro atoms. The molecule has 0 radical (unpaired) electrons. The van der Waals surface area contributed by atoms with Gasteiger partial charge in [0.15, 0.2) is 0 Å². The Morgan fingerprint density at radius 2 is 1.88 bits per heavy atom. The zero-order chi connectivity index (χ0) is 18.0. The first kappa shape index (κ1) is 18.1. The van der Waals surface area contributed by atoms with Crippen LogP contribution in [0.3, 0.4) is 0 Å². The van der Waals surface area contributed by atoms with E-state index in [0.29, 0.717) is 35.7 Å². The molecule has 25 heavy (non-hydrogen) atoms. The van der Waals surface area contributed by atoms with Gasteiger partial charge in [-0.1, -0.05) is 12.1 Å². The van der Waals surface area contributed by atoms with E-state index in [-0.39, 0.29) is 11.9 Å². The van der Waals surface area contributed by atoms with Crippen molar-refractivity contribution < 1.29 is 13.2 Å². The lowest BCUT2D eigenvalue weighted by Gasteiger charge is -2.31. The quantitative estimate of drug-likeness (QED) is 0.889. The van der Waals surface area contributed by atoms with Gasteiger partial charge in [0.25, 0.3) is 15.9 Å². The Bertz CT molecular complexity index is 852. The minimum Gasteiger partial charge on any atom is -0.349 e. The third kappa shape index (κ3) is 3.94. The number of amides is 1. The minimum atomic E-state index is -3.39. The van der Waals surface area contributed by atoms with E-state index < -0.39 is 10.0 Å². The summed E-state index contributed by atoms with van der Waals surface area (Å²) in [5.41, 5.74) is 2.89. The molecule has 1 aliphatic rings. The van der Waals surface area contributed by atoms with Crippen molar-refractivity contribution in [3.8, 4) is 0 Å². The summed E-state index contributed by atoms with van der Waals surface area (Å²) < 4.78 is 26.9. The van der Waals surface area contributed by atoms with Crippen LogP contribution in [-0.2, 0) is 10.0 Å². The van der Waals surface area contributed by atoms with Crippen LogP contribution in [0, 0.1) is 13.8 Å². The molecule has 0 saturated carbocycles. The number of piperidine rings is 1. The first-order chi connectivity index (χ1) is 11.9. The molecule has 1 aliphatic heterocycles. The lowest BCUT2D eigenvalue weighted by molar-refractivity contribution is 0.0924. The number of benzene rings is 1. The predicted octanol–water partition coefficient (Wildman–Crippen LogP) is 2.95. The molecule has 1 fully saturated rings. The normalized spacial score (nSPS) is 16.7. The van der Waals surface area contributed by atoms with Gasteiger partial charge < -0.3 is 5.32 Å². The van der Waals surface area contributed by atoms with E-state index >= 15 is 0 Å². The first-order valence-electron chi connectivity index (χ1n) is 8.29. The first-order valence-corrected chi connectivity index (χ1v) is 10.6. The number of sulfonamides is 1. The van der Waals surface area contributed by atoms with Gasteiger partial charge in [0.1, 0.15) is 4.21 Å². The summed E-state index contributed by atoms with van der Waals surface area (Å²) in [5, 5.41) is 4.80. The van der Waals surface area contributed by atoms with Crippen LogP contribution in [0.1, 0.15) is 34.3 Å². The third-order valence-electron chi connectivity index (χ3n) is 4.65. The van der Waals surface area contributed by atoms with Gasteiger partial charge in [-0.3, -0.25) is 4.79 Å². The number of aryl methyl sites for hydroxylation is 2. The summed E-state index contributed by atoms with van der Waals surface area (Å²) in [5.74, 6) is -0.0948. The minimum absolute atomic E-state index is 0.00361. The SMILES string of the molecule is Cc1ccc(C(=O)NC2CCN(S(=O)(=O)c3cccs3)CC2)cc1C. The number of carbonyl (C=O) groups is 1. The summed E-state index contributed by atoms with van der Waals surface area (Å²) in [6.07, 6.45) is 1.25. The average Bonchev–Trinajstić information content (AvgIpc) is 3.13. The zero-order valence-corrected chi connectivity index (χ0v) is 16.0. The second kappa shape index (κ2) is 7.27. The van der Waals surface area contributed by atoms with E-state index in [2.05, 4.69) is 5.32 Å². The van der Waals surface area contributed by atoms with E-state index in [0.717, 1.165) is 11.1 Å². The van der Waals surface area contributed by atoms with Crippen molar-refractivity contribution in [2.24, 2.45) is 0 Å². The van der Waals surface area contributed by atoms with Crippen molar-refractivity contribution in [2.75, 3.05) is 13.1 Å². The molecule has 3 rings (SSSR count). The van der Waals surface area contributed by atoms with Gasteiger partial charge in [-0.05, 0) is 61.4 Å². The summed E-state index contributed by atoms with van der Waals surface area (Å²) >= 11 is 1.24. The Hall–Kier alpha value is -1.70. The van der Waals surface area contributed by atoms with Crippen LogP contribution in [-0.4, -0.2) is 37.8 Å². The van der Waals surface area contributed by atoms with Crippen molar-refractivity contribution >= 4 is 27.3 Å². The summed E-state index contributed by atoms with van der Waals surface area (Å²) in [6, 6.07) is 9.04. The molecule has 1 saturated heterocycles. The highest BCUT2D eigenvalue weighted by atomic mass is 32.2. The van der Waals surface area contributed by atoms with Gasteiger partial charge in [0, 0.05) is 24.7 Å². The number of nitrogens with zero attached hydrogens (tertiary/aromatic N) is 1. The molecule has 0 bridgehead atoms. The second-order valence-electron chi connectivity index (χ2n) is 6.38. The number of nitrogens with one attached hydrogen (secondary N) is 1. The zero-order valence-electron chi connectivity index (χ0n) is 14.4. The number of hydrogen-bond donors (Lipinski definition) is 1. The Morgan fingerprint density at radius 1 is 1.16 bits per heavy atom. The largest absolute Gasteiger partial charge is 0.349 e. The average molecular weight is 379 g/mol. The molecule has 1 amide bonds. The molecule has 134 valence electrons. The van der Waals surface area contributed by atoms with Gasteiger partial charge in [0.2, 0.25) is 0 Å². The molecule has 5 nitrogen and oxygen atoms in total. The lowest BCUT2D eigenvalue weighted by atomic mass is 10.0. The van der Waals surface area contributed by atoms with Crippen molar-refractivity contribution in [2.45, 2.75) is 36.9 Å². The van der Waals surface area contributed by atoms with E-state index in [1.165, 1.54) is 15.6 Å². The van der Waals surface area contributed by atoms with Crippen molar-refractivity contribution in [1.29, 1.82) is 0 Å². The summed E-state index contributed by atoms with van der Waals surface area (Å²) in [4.78, 5) is 12.4. The maximum absolute atomic E-state index is 12.5. The fraction of sp³-hybridized carbons (Fsp3) is 0.389. The Balaban J connectivity index is 1.59. The molecule has 7 heteroatoms. The van der Waals surface area contributed by atoms with Gasteiger partial charge in [0.05, 0.1) is 0 Å². The molecule has 0 unspecified atom stereocenters. The maximum Gasteiger partial charge on any atom is 0.252 e. The van der Waals surface area contributed by atoms with Crippen LogP contribution in [0.5, 0.6) is 0 Å². The molecule has 1 aromatic heterocycles. The summed E-state index contributed by atoms with van der Waals surface area (Å²) in [7, 11) is -3.39. The molecular weight excluding hydrogens is 356 g/mol. The highest BCUT2D eigenvalue weighted by Gasteiger charge is 2.30. The standard InChI is InChI=1S/C18H22N2O3S2/c1-13-5-6-15(12-14(13)2)18(21)19-16-7-9-20(10-8-16)25(22,23)17-4-3-11-24-17/h3-6,11-12,16H,7-10H2,1-2H3,(H,19,21). The Labute approximate surface area is 152 Å².